The van der Waals surface area contributed by atoms with Gasteiger partial charge in [0.1, 0.15) is 6.61 Å². The number of hydrogen-bond acceptors (Lipinski definition) is 3. The van der Waals surface area contributed by atoms with Gasteiger partial charge in [-0.05, 0) is 59.1 Å². The van der Waals surface area contributed by atoms with Crippen molar-refractivity contribution in [2.24, 2.45) is 0 Å². The van der Waals surface area contributed by atoms with E-state index in [0.29, 0.717) is 32.9 Å². The fourth-order valence-corrected chi connectivity index (χ4v) is 4.02. The summed E-state index contributed by atoms with van der Waals surface area (Å²) in [6, 6.07) is 10.3. The van der Waals surface area contributed by atoms with E-state index in [0.717, 1.165) is 28.7 Å². The Balaban J connectivity index is 1.52. The number of hydrogen-bond donors (Lipinski definition) is 1. The summed E-state index contributed by atoms with van der Waals surface area (Å²) in [4.78, 5) is 12.4. The van der Waals surface area contributed by atoms with Gasteiger partial charge in [-0.2, -0.15) is 5.10 Å². The van der Waals surface area contributed by atoms with Crippen LogP contribution in [0.5, 0.6) is 5.75 Å². The molecular formula is C21H19BrCl3N3O2. The zero-order valence-electron chi connectivity index (χ0n) is 16.1. The van der Waals surface area contributed by atoms with E-state index in [2.05, 4.69) is 26.3 Å². The lowest BCUT2D eigenvalue weighted by Crippen LogP contribution is -2.25. The number of halogens is 4. The molecule has 0 radical (unpaired) electrons. The molecule has 1 N–H and O–H groups in total. The highest BCUT2D eigenvalue weighted by Crippen LogP contribution is 2.36. The van der Waals surface area contributed by atoms with Crippen LogP contribution >= 0.6 is 50.7 Å². The van der Waals surface area contributed by atoms with E-state index in [-0.39, 0.29) is 12.5 Å². The van der Waals surface area contributed by atoms with Crippen LogP contribution in [-0.4, -0.2) is 22.2 Å². The minimum Gasteiger partial charge on any atom is -0.486 e. The van der Waals surface area contributed by atoms with Crippen molar-refractivity contribution in [1.29, 1.82) is 0 Å². The molecule has 0 saturated carbocycles. The first-order valence-electron chi connectivity index (χ1n) is 9.17. The van der Waals surface area contributed by atoms with E-state index in [1.807, 2.05) is 29.9 Å². The highest BCUT2D eigenvalue weighted by molar-refractivity contribution is 9.10. The molecule has 1 amide bonds. The van der Waals surface area contributed by atoms with Gasteiger partial charge in [-0.3, -0.25) is 9.48 Å². The second-order valence-electron chi connectivity index (χ2n) is 6.62. The van der Waals surface area contributed by atoms with Gasteiger partial charge in [-0.15, -0.1) is 0 Å². The third-order valence-electron chi connectivity index (χ3n) is 4.27. The van der Waals surface area contributed by atoms with Crippen LogP contribution in [0.2, 0.25) is 15.1 Å². The summed E-state index contributed by atoms with van der Waals surface area (Å²) in [6.45, 7) is 3.43. The van der Waals surface area contributed by atoms with Crippen LogP contribution < -0.4 is 10.1 Å². The number of aryl methyl sites for hydroxylation is 2. The van der Waals surface area contributed by atoms with Gasteiger partial charge in [0.05, 0.1) is 20.2 Å². The first-order valence-corrected chi connectivity index (χ1v) is 11.1. The number of nitrogens with one attached hydrogen (secondary N) is 1. The Morgan fingerprint density at radius 3 is 2.60 bits per heavy atom. The molecule has 9 heteroatoms. The minimum atomic E-state index is -0.141. The fraction of sp³-hybridized carbons (Fsp3) is 0.238. The second kappa shape index (κ2) is 10.5. The molecule has 30 heavy (non-hydrogen) atoms. The molecule has 3 aromatic rings. The number of carbonyl (C=O) groups is 1. The maximum atomic E-state index is 12.4. The Labute approximate surface area is 198 Å². The molecule has 5 nitrogen and oxygen atoms in total. The van der Waals surface area contributed by atoms with E-state index in [9.17, 15) is 4.79 Å². The zero-order chi connectivity index (χ0) is 21.7. The highest BCUT2D eigenvalue weighted by Gasteiger charge is 2.11. The monoisotopic (exact) mass is 529 g/mol. The Kier molecular flexibility index (Phi) is 8.06. The minimum absolute atomic E-state index is 0.141. The number of amides is 1. The maximum absolute atomic E-state index is 12.4. The van der Waals surface area contributed by atoms with Gasteiger partial charge in [-0.25, -0.2) is 0 Å². The number of rotatable bonds is 8. The molecule has 0 atom stereocenters. The van der Waals surface area contributed by atoms with Gasteiger partial charge in [-0.1, -0.05) is 46.9 Å². The summed E-state index contributed by atoms with van der Waals surface area (Å²) in [5, 5.41) is 8.41. The van der Waals surface area contributed by atoms with Crippen LogP contribution in [0.15, 0.2) is 47.1 Å². The molecule has 3 rings (SSSR count). The predicted octanol–water partition coefficient (Wildman–Crippen LogP) is 6.31. The number of ether oxygens (including phenoxy) is 1. The largest absolute Gasteiger partial charge is 0.486 e. The number of carbonyl (C=O) groups excluding carboxylic acids is 1. The van der Waals surface area contributed by atoms with Crippen molar-refractivity contribution >= 4 is 56.6 Å². The number of aromatic nitrogens is 2. The van der Waals surface area contributed by atoms with Crippen molar-refractivity contribution in [2.45, 2.75) is 26.5 Å². The summed E-state index contributed by atoms with van der Waals surface area (Å²) < 4.78 is 8.57. The van der Waals surface area contributed by atoms with Crippen molar-refractivity contribution in [3.63, 3.8) is 0 Å². The Bertz CT molecular complexity index is 1010. The van der Waals surface area contributed by atoms with Crippen LogP contribution in [0.4, 0.5) is 0 Å². The number of nitrogens with zero attached hydrogens (tertiary/aromatic N) is 2. The molecular weight excluding hydrogens is 513 g/mol. The molecule has 0 aliphatic heterocycles. The topological polar surface area (TPSA) is 56.2 Å². The fourth-order valence-electron chi connectivity index (χ4n) is 2.78. The average molecular weight is 532 g/mol. The smallest absolute Gasteiger partial charge is 0.251 e. The lowest BCUT2D eigenvalue weighted by Gasteiger charge is -2.11. The molecule has 0 aliphatic rings. The quantitative estimate of drug-likeness (QED) is 0.347. The molecule has 2 aromatic carbocycles. The molecule has 0 aliphatic carbocycles. The Hall–Kier alpha value is -1.73. The van der Waals surface area contributed by atoms with E-state index in [4.69, 9.17) is 39.5 Å². The summed E-state index contributed by atoms with van der Waals surface area (Å²) in [5.41, 5.74) is 2.32. The standard InChI is InChI=1S/C21H19BrCl3N3O2/c1-13-17(22)11-28(27-13)7-3-6-26-21(29)15-5-2-4-14(8-15)12-30-20-18(24)9-16(23)10-19(20)25/h2,4-5,8-11H,3,6-7,12H2,1H3,(H,26,29). The molecule has 0 fully saturated rings. The molecule has 1 aromatic heterocycles. The summed E-state index contributed by atoms with van der Waals surface area (Å²) in [6.07, 6.45) is 2.70. The first-order chi connectivity index (χ1) is 14.3. The molecule has 158 valence electrons. The summed E-state index contributed by atoms with van der Waals surface area (Å²) in [5.74, 6) is 0.218. The van der Waals surface area contributed by atoms with E-state index in [1.54, 1.807) is 24.3 Å². The average Bonchev–Trinajstić information content (AvgIpc) is 3.02. The first kappa shape index (κ1) is 22.9. The van der Waals surface area contributed by atoms with Gasteiger partial charge in [0.2, 0.25) is 0 Å². The third kappa shape index (κ3) is 6.14. The van der Waals surface area contributed by atoms with Gasteiger partial charge in [0.15, 0.2) is 5.75 Å². The second-order valence-corrected chi connectivity index (χ2v) is 8.73. The van der Waals surface area contributed by atoms with Gasteiger partial charge in [0, 0.05) is 29.9 Å². The third-order valence-corrected chi connectivity index (χ3v) is 5.83. The van der Waals surface area contributed by atoms with Crippen LogP contribution in [0.1, 0.15) is 28.0 Å². The summed E-state index contributed by atoms with van der Waals surface area (Å²) in [7, 11) is 0. The zero-order valence-corrected chi connectivity index (χ0v) is 19.9. The van der Waals surface area contributed by atoms with E-state index >= 15 is 0 Å². The predicted molar refractivity (Wildman–Crippen MR) is 124 cm³/mol. The van der Waals surface area contributed by atoms with Crippen LogP contribution in [0.3, 0.4) is 0 Å². The molecule has 0 bridgehead atoms. The van der Waals surface area contributed by atoms with Crippen LogP contribution in [-0.2, 0) is 13.2 Å². The van der Waals surface area contributed by atoms with Crippen molar-refractivity contribution in [1.82, 2.24) is 15.1 Å². The molecule has 1 heterocycles. The molecule has 0 spiro atoms. The number of benzene rings is 2. The lowest BCUT2D eigenvalue weighted by atomic mass is 10.1. The van der Waals surface area contributed by atoms with Gasteiger partial charge >= 0.3 is 0 Å². The van der Waals surface area contributed by atoms with Crippen molar-refractivity contribution in [3.05, 3.63) is 79.0 Å². The van der Waals surface area contributed by atoms with Gasteiger partial charge < -0.3 is 10.1 Å². The lowest BCUT2D eigenvalue weighted by molar-refractivity contribution is 0.0952. The molecule has 0 saturated heterocycles. The Morgan fingerprint density at radius 1 is 1.20 bits per heavy atom. The van der Waals surface area contributed by atoms with Gasteiger partial charge in [0.25, 0.3) is 5.91 Å². The van der Waals surface area contributed by atoms with E-state index < -0.39 is 0 Å². The normalized spacial score (nSPS) is 10.8. The Morgan fingerprint density at radius 2 is 1.93 bits per heavy atom. The van der Waals surface area contributed by atoms with E-state index in [1.165, 1.54) is 0 Å². The SMILES string of the molecule is Cc1nn(CCCNC(=O)c2cccc(COc3c(Cl)cc(Cl)cc3Cl)c2)cc1Br. The van der Waals surface area contributed by atoms with Crippen molar-refractivity contribution in [3.8, 4) is 5.75 Å². The molecule has 0 unspecified atom stereocenters. The highest BCUT2D eigenvalue weighted by atomic mass is 79.9. The maximum Gasteiger partial charge on any atom is 0.251 e. The van der Waals surface area contributed by atoms with Crippen LogP contribution in [0.25, 0.3) is 0 Å². The van der Waals surface area contributed by atoms with Crippen molar-refractivity contribution < 1.29 is 9.53 Å². The van der Waals surface area contributed by atoms with Crippen molar-refractivity contribution in [2.75, 3.05) is 6.54 Å². The van der Waals surface area contributed by atoms with Crippen LogP contribution in [0, 0.1) is 6.92 Å². The summed E-state index contributed by atoms with van der Waals surface area (Å²) >= 11 is 21.6.